The van der Waals surface area contributed by atoms with E-state index in [9.17, 15) is 14.4 Å². The maximum absolute atomic E-state index is 14.2. The lowest BCUT2D eigenvalue weighted by Crippen LogP contribution is -2.57. The first-order chi connectivity index (χ1) is 16.8. The Morgan fingerprint density at radius 2 is 1.72 bits per heavy atom. The summed E-state index contributed by atoms with van der Waals surface area (Å²) in [6, 6.07) is 6.06. The minimum absolute atomic E-state index is 0.119. The van der Waals surface area contributed by atoms with Crippen molar-refractivity contribution in [3.05, 3.63) is 35.4 Å². The third-order valence-corrected chi connectivity index (χ3v) is 6.76. The average molecular weight is 502 g/mol. The summed E-state index contributed by atoms with van der Waals surface area (Å²) in [6.45, 7) is 15.1. The topological polar surface area (TPSA) is 87.7 Å². The van der Waals surface area contributed by atoms with Crippen LogP contribution in [0.25, 0.3) is 0 Å². The number of hydrogen-bond donors (Lipinski definition) is 2. The van der Waals surface area contributed by atoms with Gasteiger partial charge in [0.25, 0.3) is 0 Å². The van der Waals surface area contributed by atoms with E-state index in [2.05, 4.69) is 10.6 Å². The summed E-state index contributed by atoms with van der Waals surface area (Å²) < 4.78 is 5.44. The summed E-state index contributed by atoms with van der Waals surface area (Å²) in [5, 5.41) is 6.03. The van der Waals surface area contributed by atoms with Crippen molar-refractivity contribution in [3.63, 3.8) is 0 Å². The van der Waals surface area contributed by atoms with E-state index in [0.29, 0.717) is 6.42 Å². The number of alkyl carbamates (subject to hydrolysis) is 1. The van der Waals surface area contributed by atoms with Gasteiger partial charge in [-0.2, -0.15) is 0 Å². The lowest BCUT2D eigenvalue weighted by atomic mass is 9.93. The van der Waals surface area contributed by atoms with Crippen LogP contribution in [-0.4, -0.2) is 46.5 Å². The van der Waals surface area contributed by atoms with E-state index in [1.54, 1.807) is 25.7 Å². The molecule has 7 nitrogen and oxygen atoms in total. The summed E-state index contributed by atoms with van der Waals surface area (Å²) in [6.07, 6.45) is 5.33. The molecule has 1 aromatic rings. The van der Waals surface area contributed by atoms with E-state index in [-0.39, 0.29) is 29.8 Å². The molecule has 36 heavy (non-hydrogen) atoms. The molecule has 0 heterocycles. The lowest BCUT2D eigenvalue weighted by molar-refractivity contribution is -0.146. The van der Waals surface area contributed by atoms with Crippen molar-refractivity contribution in [3.8, 4) is 0 Å². The average Bonchev–Trinajstić information content (AvgIpc) is 2.79. The number of benzene rings is 1. The Balaban J connectivity index is 2.47. The zero-order chi connectivity index (χ0) is 27.0. The van der Waals surface area contributed by atoms with E-state index in [4.69, 9.17) is 4.74 Å². The molecule has 1 fully saturated rings. The van der Waals surface area contributed by atoms with Crippen molar-refractivity contribution in [1.29, 1.82) is 0 Å². The van der Waals surface area contributed by atoms with Crippen molar-refractivity contribution in [2.45, 2.75) is 124 Å². The van der Waals surface area contributed by atoms with Gasteiger partial charge in [0, 0.05) is 12.1 Å². The molecule has 0 aromatic heterocycles. The normalized spacial score (nSPS) is 17.1. The van der Waals surface area contributed by atoms with Crippen LogP contribution in [0.4, 0.5) is 4.79 Å². The Bertz CT molecular complexity index is 887. The SMILES string of the molecule is CCC(C)N(C(=O)C(NC(=O)OC(C)(C)C)C(C)C)C(C(=O)NC1CCCCC1)c1cccc(C)c1. The fraction of sp³-hybridized carbons (Fsp3) is 0.690. The second-order valence-corrected chi connectivity index (χ2v) is 11.5. The van der Waals surface area contributed by atoms with E-state index < -0.39 is 23.8 Å². The fourth-order valence-electron chi connectivity index (χ4n) is 4.71. The number of rotatable bonds is 9. The minimum atomic E-state index is -0.830. The monoisotopic (exact) mass is 501 g/mol. The maximum Gasteiger partial charge on any atom is 0.408 e. The number of amides is 3. The van der Waals surface area contributed by atoms with Crippen molar-refractivity contribution in [1.82, 2.24) is 15.5 Å². The Hall–Kier alpha value is -2.57. The molecule has 1 saturated carbocycles. The number of hydrogen-bond acceptors (Lipinski definition) is 4. The smallest absolute Gasteiger partial charge is 0.408 e. The molecule has 3 atom stereocenters. The van der Waals surface area contributed by atoms with Crippen molar-refractivity contribution in [2.75, 3.05) is 0 Å². The predicted octanol–water partition coefficient (Wildman–Crippen LogP) is 5.66. The highest BCUT2D eigenvalue weighted by Gasteiger charge is 2.40. The van der Waals surface area contributed by atoms with Crippen LogP contribution in [-0.2, 0) is 14.3 Å². The second kappa shape index (κ2) is 13.1. The molecule has 3 amide bonds. The minimum Gasteiger partial charge on any atom is -0.444 e. The number of nitrogens with zero attached hydrogens (tertiary/aromatic N) is 1. The molecule has 0 saturated heterocycles. The molecule has 202 valence electrons. The Kier molecular flexibility index (Phi) is 10.8. The first-order valence-corrected chi connectivity index (χ1v) is 13.5. The molecule has 0 spiro atoms. The van der Waals surface area contributed by atoms with Gasteiger partial charge in [0.15, 0.2) is 0 Å². The third kappa shape index (κ3) is 8.52. The van der Waals surface area contributed by atoms with Crippen LogP contribution in [0.15, 0.2) is 24.3 Å². The third-order valence-electron chi connectivity index (χ3n) is 6.76. The van der Waals surface area contributed by atoms with Gasteiger partial charge >= 0.3 is 6.09 Å². The van der Waals surface area contributed by atoms with E-state index in [1.807, 2.05) is 58.9 Å². The molecule has 0 aliphatic heterocycles. The zero-order valence-corrected chi connectivity index (χ0v) is 23.5. The van der Waals surface area contributed by atoms with Crippen LogP contribution >= 0.6 is 0 Å². The van der Waals surface area contributed by atoms with Gasteiger partial charge in [-0.15, -0.1) is 0 Å². The molecule has 3 unspecified atom stereocenters. The van der Waals surface area contributed by atoms with Crippen LogP contribution < -0.4 is 10.6 Å². The predicted molar refractivity (Wildman–Crippen MR) is 144 cm³/mol. The highest BCUT2D eigenvalue weighted by atomic mass is 16.6. The lowest BCUT2D eigenvalue weighted by Gasteiger charge is -2.40. The van der Waals surface area contributed by atoms with Crippen molar-refractivity contribution >= 4 is 17.9 Å². The second-order valence-electron chi connectivity index (χ2n) is 11.5. The summed E-state index contributed by atoms with van der Waals surface area (Å²) in [4.78, 5) is 42.3. The highest BCUT2D eigenvalue weighted by Crippen LogP contribution is 2.29. The first-order valence-electron chi connectivity index (χ1n) is 13.5. The Labute approximate surface area is 217 Å². The molecule has 7 heteroatoms. The fourth-order valence-corrected chi connectivity index (χ4v) is 4.71. The van der Waals surface area contributed by atoms with E-state index in [0.717, 1.165) is 36.8 Å². The number of aryl methyl sites for hydroxylation is 1. The molecule has 1 aliphatic rings. The van der Waals surface area contributed by atoms with E-state index in [1.165, 1.54) is 6.42 Å². The van der Waals surface area contributed by atoms with Gasteiger partial charge in [0.05, 0.1) is 0 Å². The van der Waals surface area contributed by atoms with Gasteiger partial charge < -0.3 is 20.3 Å². The molecule has 2 N–H and O–H groups in total. The quantitative estimate of drug-likeness (QED) is 0.457. The van der Waals surface area contributed by atoms with Crippen LogP contribution in [0.2, 0.25) is 0 Å². The number of ether oxygens (including phenoxy) is 1. The van der Waals surface area contributed by atoms with Crippen LogP contribution in [0.1, 0.15) is 104 Å². The van der Waals surface area contributed by atoms with Crippen LogP contribution in [0.3, 0.4) is 0 Å². The van der Waals surface area contributed by atoms with Gasteiger partial charge in [-0.1, -0.05) is 69.9 Å². The maximum atomic E-state index is 14.2. The van der Waals surface area contributed by atoms with Crippen LogP contribution in [0, 0.1) is 12.8 Å². The Morgan fingerprint density at radius 1 is 1.08 bits per heavy atom. The molecular weight excluding hydrogens is 454 g/mol. The number of carbonyl (C=O) groups is 3. The molecule has 1 aromatic carbocycles. The Morgan fingerprint density at radius 3 is 2.25 bits per heavy atom. The molecule has 2 rings (SSSR count). The number of carbonyl (C=O) groups excluding carboxylic acids is 3. The molecular formula is C29H47N3O4. The highest BCUT2D eigenvalue weighted by molar-refractivity contribution is 5.92. The van der Waals surface area contributed by atoms with Gasteiger partial charge in [-0.25, -0.2) is 4.79 Å². The van der Waals surface area contributed by atoms with Crippen molar-refractivity contribution < 1.29 is 19.1 Å². The summed E-state index contributed by atoms with van der Waals surface area (Å²) in [7, 11) is 0. The molecule has 0 radical (unpaired) electrons. The van der Waals surface area contributed by atoms with Gasteiger partial charge in [-0.05, 0) is 65.4 Å². The zero-order valence-electron chi connectivity index (χ0n) is 23.5. The van der Waals surface area contributed by atoms with Gasteiger partial charge in [0.2, 0.25) is 11.8 Å². The standard InChI is InChI=1S/C29H47N3O4/c1-9-21(5)32(27(34)24(19(2)3)31-28(35)36-29(6,7)8)25(22-15-13-14-20(4)18-22)26(33)30-23-16-11-10-12-17-23/h13-15,18-19,21,23-25H,9-12,16-17H2,1-8H3,(H,30,33)(H,31,35). The van der Waals surface area contributed by atoms with Gasteiger partial charge in [0.1, 0.15) is 17.7 Å². The molecule has 0 bridgehead atoms. The largest absolute Gasteiger partial charge is 0.444 e. The number of nitrogens with one attached hydrogen (secondary N) is 2. The van der Waals surface area contributed by atoms with Crippen molar-refractivity contribution in [2.24, 2.45) is 5.92 Å². The van der Waals surface area contributed by atoms with Crippen LogP contribution in [0.5, 0.6) is 0 Å². The summed E-state index contributed by atoms with van der Waals surface area (Å²) in [5.41, 5.74) is 1.11. The summed E-state index contributed by atoms with van der Waals surface area (Å²) in [5.74, 6) is -0.646. The first kappa shape index (κ1) is 29.7. The van der Waals surface area contributed by atoms with E-state index >= 15 is 0 Å². The molecule has 1 aliphatic carbocycles. The van der Waals surface area contributed by atoms with Gasteiger partial charge in [-0.3, -0.25) is 9.59 Å². The summed E-state index contributed by atoms with van der Waals surface area (Å²) >= 11 is 0.